The third kappa shape index (κ3) is 6.24. The zero-order valence-corrected chi connectivity index (χ0v) is 20.6. The lowest BCUT2D eigenvalue weighted by atomic mass is 10.1. The van der Waals surface area contributed by atoms with Crippen molar-refractivity contribution in [2.75, 3.05) is 19.5 Å². The number of nitrogens with zero attached hydrogens (tertiary/aromatic N) is 6. The van der Waals surface area contributed by atoms with Crippen LogP contribution in [0.2, 0.25) is 0 Å². The van der Waals surface area contributed by atoms with E-state index in [4.69, 9.17) is 25.7 Å². The number of benzene rings is 2. The van der Waals surface area contributed by atoms with Crippen LogP contribution in [0.5, 0.6) is 17.2 Å². The van der Waals surface area contributed by atoms with Gasteiger partial charge in [-0.2, -0.15) is 9.78 Å². The second kappa shape index (κ2) is 11.7. The lowest BCUT2D eigenvalue weighted by Crippen LogP contribution is -2.22. The molecule has 0 aliphatic heterocycles. The summed E-state index contributed by atoms with van der Waals surface area (Å²) in [5.74, 6) is -0.935. The van der Waals surface area contributed by atoms with E-state index in [2.05, 4.69) is 35.8 Å². The molecular weight excluding hydrogens is 517 g/mol. The number of hydrogen-bond acceptors (Lipinski definition) is 12. The Labute approximate surface area is 219 Å². The first-order valence-electron chi connectivity index (χ1n) is 11.1. The standard InChI is InChI=1S/C23H22FN9O6/c1-12(13-3-8-17(18(9-13)36-2)38-11-19(25)34)27-29-23(35)20-16(10-37-15-6-4-14(24)5-7-15)33(32-28-20)22-21(26)30-39-31-22/h3-9H,10-11H2,1-2H3,(H2,25,34)(H2,26,30)(H,29,35). The maximum absolute atomic E-state index is 13.2. The van der Waals surface area contributed by atoms with Gasteiger partial charge in [0.1, 0.15) is 23.9 Å². The van der Waals surface area contributed by atoms with E-state index in [0.717, 1.165) is 4.68 Å². The van der Waals surface area contributed by atoms with E-state index in [1.54, 1.807) is 25.1 Å². The van der Waals surface area contributed by atoms with Crippen molar-refractivity contribution < 1.29 is 32.8 Å². The molecule has 2 amide bonds. The number of aromatic nitrogens is 5. The Morgan fingerprint density at radius 2 is 1.90 bits per heavy atom. The number of nitrogens with two attached hydrogens (primary N) is 2. The van der Waals surface area contributed by atoms with E-state index in [-0.39, 0.29) is 36.2 Å². The van der Waals surface area contributed by atoms with Crippen LogP contribution in [-0.4, -0.2) is 56.5 Å². The molecular formula is C23H22FN9O6. The molecule has 2 heterocycles. The van der Waals surface area contributed by atoms with E-state index in [9.17, 15) is 14.0 Å². The van der Waals surface area contributed by atoms with Crippen LogP contribution in [0.1, 0.15) is 28.7 Å². The molecule has 4 rings (SSSR count). The largest absolute Gasteiger partial charge is 0.493 e. The molecule has 202 valence electrons. The van der Waals surface area contributed by atoms with Crippen molar-refractivity contribution in [3.05, 3.63) is 65.2 Å². The van der Waals surface area contributed by atoms with Gasteiger partial charge in [0.05, 0.1) is 12.8 Å². The summed E-state index contributed by atoms with van der Waals surface area (Å²) in [5.41, 5.74) is 14.3. The summed E-state index contributed by atoms with van der Waals surface area (Å²) >= 11 is 0. The minimum atomic E-state index is -0.721. The number of nitrogens with one attached hydrogen (secondary N) is 1. The molecule has 5 N–H and O–H groups in total. The van der Waals surface area contributed by atoms with Crippen molar-refractivity contribution in [2.24, 2.45) is 10.8 Å². The smallest absolute Gasteiger partial charge is 0.293 e. The third-order valence-electron chi connectivity index (χ3n) is 5.14. The summed E-state index contributed by atoms with van der Waals surface area (Å²) in [6.45, 7) is 1.11. The number of halogens is 1. The number of rotatable bonds is 11. The Balaban J connectivity index is 1.55. The molecule has 0 fully saturated rings. The summed E-state index contributed by atoms with van der Waals surface area (Å²) in [4.78, 5) is 24.0. The van der Waals surface area contributed by atoms with E-state index in [1.165, 1.54) is 31.4 Å². The van der Waals surface area contributed by atoms with Crippen LogP contribution < -0.4 is 31.1 Å². The fourth-order valence-electron chi connectivity index (χ4n) is 3.21. The molecule has 0 spiro atoms. The monoisotopic (exact) mass is 539 g/mol. The highest BCUT2D eigenvalue weighted by atomic mass is 19.1. The van der Waals surface area contributed by atoms with Gasteiger partial charge in [0, 0.05) is 5.56 Å². The molecule has 0 saturated carbocycles. The van der Waals surface area contributed by atoms with Crippen LogP contribution in [0, 0.1) is 5.82 Å². The molecule has 2 aromatic heterocycles. The second-order valence-corrected chi connectivity index (χ2v) is 7.77. The number of nitrogen functional groups attached to an aromatic ring is 1. The Hall–Kier alpha value is -5.54. The number of hydrogen-bond donors (Lipinski definition) is 3. The highest BCUT2D eigenvalue weighted by Crippen LogP contribution is 2.28. The maximum atomic E-state index is 13.2. The van der Waals surface area contributed by atoms with E-state index < -0.39 is 17.6 Å². The zero-order valence-electron chi connectivity index (χ0n) is 20.6. The molecule has 0 unspecified atom stereocenters. The fourth-order valence-corrected chi connectivity index (χ4v) is 3.21. The lowest BCUT2D eigenvalue weighted by molar-refractivity contribution is -0.119. The first-order chi connectivity index (χ1) is 18.8. The Morgan fingerprint density at radius 1 is 1.13 bits per heavy atom. The van der Waals surface area contributed by atoms with Crippen molar-refractivity contribution >= 4 is 23.3 Å². The van der Waals surface area contributed by atoms with Crippen LogP contribution in [0.4, 0.5) is 10.2 Å². The fraction of sp³-hybridized carbons (Fsp3) is 0.174. The van der Waals surface area contributed by atoms with Gasteiger partial charge in [0.2, 0.25) is 11.6 Å². The number of carbonyl (C=O) groups excluding carboxylic acids is 2. The SMILES string of the molecule is COc1cc(C(C)=NNC(=O)c2nnn(-c3nonc3N)c2COc2ccc(F)cc2)ccc1OCC(N)=O. The Bertz CT molecular complexity index is 1520. The van der Waals surface area contributed by atoms with Crippen molar-refractivity contribution in [3.8, 4) is 23.1 Å². The van der Waals surface area contributed by atoms with Crippen molar-refractivity contribution in [3.63, 3.8) is 0 Å². The molecule has 15 nitrogen and oxygen atoms in total. The predicted octanol–water partition coefficient (Wildman–Crippen LogP) is 0.977. The minimum absolute atomic E-state index is 0.00956. The highest BCUT2D eigenvalue weighted by Gasteiger charge is 2.24. The van der Waals surface area contributed by atoms with Gasteiger partial charge in [-0.15, -0.1) is 5.10 Å². The van der Waals surface area contributed by atoms with Crippen LogP contribution >= 0.6 is 0 Å². The average molecular weight is 539 g/mol. The van der Waals surface area contributed by atoms with Gasteiger partial charge in [-0.1, -0.05) is 5.21 Å². The number of carbonyl (C=O) groups is 2. The van der Waals surface area contributed by atoms with Gasteiger partial charge < -0.3 is 25.7 Å². The maximum Gasteiger partial charge on any atom is 0.293 e. The summed E-state index contributed by atoms with van der Waals surface area (Å²) in [6, 6.07) is 10.1. The molecule has 4 aromatic rings. The molecule has 0 bridgehead atoms. The van der Waals surface area contributed by atoms with Crippen LogP contribution in [-0.2, 0) is 11.4 Å². The van der Waals surface area contributed by atoms with Gasteiger partial charge in [0.25, 0.3) is 11.8 Å². The quantitative estimate of drug-likeness (QED) is 0.181. The molecule has 0 aliphatic carbocycles. The molecule has 39 heavy (non-hydrogen) atoms. The normalized spacial score (nSPS) is 11.2. The minimum Gasteiger partial charge on any atom is -0.493 e. The van der Waals surface area contributed by atoms with Gasteiger partial charge in [0.15, 0.2) is 23.8 Å². The van der Waals surface area contributed by atoms with Crippen LogP contribution in [0.15, 0.2) is 52.2 Å². The Kier molecular flexibility index (Phi) is 7.94. The number of hydrazone groups is 1. The Morgan fingerprint density at radius 3 is 2.56 bits per heavy atom. The molecule has 0 radical (unpaired) electrons. The number of ether oxygens (including phenoxy) is 3. The highest BCUT2D eigenvalue weighted by molar-refractivity contribution is 6.01. The number of anilines is 1. The van der Waals surface area contributed by atoms with Gasteiger partial charge in [-0.25, -0.2) is 14.4 Å². The van der Waals surface area contributed by atoms with E-state index in [0.29, 0.717) is 28.5 Å². The first kappa shape index (κ1) is 26.5. The summed E-state index contributed by atoms with van der Waals surface area (Å²) in [7, 11) is 1.43. The van der Waals surface area contributed by atoms with Gasteiger partial charge >= 0.3 is 0 Å². The second-order valence-electron chi connectivity index (χ2n) is 7.77. The van der Waals surface area contributed by atoms with Crippen molar-refractivity contribution in [2.45, 2.75) is 13.5 Å². The van der Waals surface area contributed by atoms with Crippen LogP contribution in [0.25, 0.3) is 5.82 Å². The lowest BCUT2D eigenvalue weighted by Gasteiger charge is -2.11. The molecule has 0 saturated heterocycles. The average Bonchev–Trinajstić information content (AvgIpc) is 3.55. The molecule has 2 aromatic carbocycles. The topological polar surface area (TPSA) is 208 Å². The van der Waals surface area contributed by atoms with Gasteiger partial charge in [-0.3, -0.25) is 9.59 Å². The van der Waals surface area contributed by atoms with E-state index >= 15 is 0 Å². The number of amides is 2. The van der Waals surface area contributed by atoms with Gasteiger partial charge in [-0.05, 0) is 59.7 Å². The predicted molar refractivity (Wildman–Crippen MR) is 132 cm³/mol. The number of methoxy groups -OCH3 is 1. The van der Waals surface area contributed by atoms with Crippen LogP contribution in [0.3, 0.4) is 0 Å². The number of primary amides is 1. The zero-order chi connectivity index (χ0) is 27.9. The molecule has 0 atom stereocenters. The summed E-state index contributed by atoms with van der Waals surface area (Å²) in [5, 5.41) is 19.2. The summed E-state index contributed by atoms with van der Waals surface area (Å²) in [6.07, 6.45) is 0. The van der Waals surface area contributed by atoms with Crippen molar-refractivity contribution in [1.82, 2.24) is 30.7 Å². The molecule has 0 aliphatic rings. The third-order valence-corrected chi connectivity index (χ3v) is 5.14. The summed E-state index contributed by atoms with van der Waals surface area (Å²) < 4.78 is 35.3. The van der Waals surface area contributed by atoms with Crippen molar-refractivity contribution in [1.29, 1.82) is 0 Å². The first-order valence-corrected chi connectivity index (χ1v) is 11.1. The molecule has 16 heteroatoms. The van der Waals surface area contributed by atoms with E-state index in [1.807, 2.05) is 0 Å².